The van der Waals surface area contributed by atoms with Gasteiger partial charge in [-0.05, 0) is 36.8 Å². The van der Waals surface area contributed by atoms with Crippen LogP contribution in [-0.2, 0) is 0 Å². The Labute approximate surface area is 203 Å². The summed E-state index contributed by atoms with van der Waals surface area (Å²) in [6, 6.07) is 16.5. The van der Waals surface area contributed by atoms with Gasteiger partial charge in [0.25, 0.3) is 11.9 Å². The van der Waals surface area contributed by atoms with E-state index >= 15 is 0 Å². The van der Waals surface area contributed by atoms with Crippen LogP contribution in [0.1, 0.15) is 27.7 Å². The molecule has 1 atom stereocenters. The molecule has 35 heavy (non-hydrogen) atoms. The lowest BCUT2D eigenvalue weighted by atomic mass is 10.1. The van der Waals surface area contributed by atoms with Crippen molar-refractivity contribution in [2.45, 2.75) is 13.0 Å². The Morgan fingerprint density at radius 2 is 1.89 bits per heavy atom. The van der Waals surface area contributed by atoms with E-state index in [2.05, 4.69) is 15.1 Å². The Balaban J connectivity index is 1.59. The van der Waals surface area contributed by atoms with Crippen LogP contribution in [0.4, 0.5) is 0 Å². The zero-order valence-electron chi connectivity index (χ0n) is 20.0. The summed E-state index contributed by atoms with van der Waals surface area (Å²) in [6.45, 7) is 1.93. The second-order valence-corrected chi connectivity index (χ2v) is 7.98. The highest BCUT2D eigenvalue weighted by molar-refractivity contribution is 5.95. The van der Waals surface area contributed by atoms with Crippen LogP contribution < -0.4 is 9.47 Å². The molecule has 4 rings (SSSR count). The van der Waals surface area contributed by atoms with Gasteiger partial charge in [-0.15, -0.1) is 0 Å². The third kappa shape index (κ3) is 4.99. The fourth-order valence-electron chi connectivity index (χ4n) is 3.76. The number of ether oxygens (including phenoxy) is 2. The summed E-state index contributed by atoms with van der Waals surface area (Å²) in [4.78, 5) is 23.6. The van der Waals surface area contributed by atoms with Crippen molar-refractivity contribution in [3.63, 3.8) is 0 Å². The summed E-state index contributed by atoms with van der Waals surface area (Å²) in [5.41, 5.74) is 3.10. The van der Waals surface area contributed by atoms with E-state index in [-0.39, 0.29) is 12.5 Å². The molecule has 9 heteroatoms. The predicted octanol–water partition coefficient (Wildman–Crippen LogP) is 3.46. The quantitative estimate of drug-likeness (QED) is 0.418. The monoisotopic (exact) mass is 473 g/mol. The van der Waals surface area contributed by atoms with Gasteiger partial charge in [-0.1, -0.05) is 30.3 Å². The summed E-state index contributed by atoms with van der Waals surface area (Å²) in [6.07, 6.45) is 2.32. The zero-order valence-corrected chi connectivity index (χ0v) is 20.0. The number of aliphatic hydroxyl groups excluding tert-OH is 1. The van der Waals surface area contributed by atoms with Gasteiger partial charge in [-0.3, -0.25) is 4.79 Å². The molecule has 9 nitrogen and oxygen atoms in total. The standard InChI is InChI=1S/C26H27N5O4/c1-17-21(25(33)30(2)16-23(32)18-8-6-5-7-9-18)15-28-31(17)26-27-13-12-22(29-26)20-14-19(34-3)10-11-24(20)35-4/h5-15,23,32H,16H2,1-4H3/t23-/m0/s1. The van der Waals surface area contributed by atoms with Gasteiger partial charge < -0.3 is 19.5 Å². The minimum absolute atomic E-state index is 0.148. The first kappa shape index (κ1) is 23.9. The average molecular weight is 474 g/mol. The summed E-state index contributed by atoms with van der Waals surface area (Å²) in [7, 11) is 4.84. The molecule has 0 radical (unpaired) electrons. The maximum atomic E-state index is 13.1. The van der Waals surface area contributed by atoms with E-state index in [1.807, 2.05) is 48.5 Å². The van der Waals surface area contributed by atoms with E-state index in [1.165, 1.54) is 15.8 Å². The average Bonchev–Trinajstić information content (AvgIpc) is 3.29. The van der Waals surface area contributed by atoms with Crippen LogP contribution in [0.5, 0.6) is 11.5 Å². The Hall–Kier alpha value is -4.24. The fraction of sp³-hybridized carbons (Fsp3) is 0.231. The zero-order chi connectivity index (χ0) is 24.9. The molecule has 0 aliphatic rings. The molecule has 0 saturated heterocycles. The third-order valence-corrected chi connectivity index (χ3v) is 5.73. The number of aromatic nitrogens is 4. The first-order valence-corrected chi connectivity index (χ1v) is 11.0. The Morgan fingerprint density at radius 1 is 1.11 bits per heavy atom. The number of rotatable bonds is 8. The lowest BCUT2D eigenvalue weighted by Gasteiger charge is -2.21. The van der Waals surface area contributed by atoms with E-state index in [9.17, 15) is 9.90 Å². The van der Waals surface area contributed by atoms with Gasteiger partial charge in [-0.2, -0.15) is 5.10 Å². The van der Waals surface area contributed by atoms with Crippen LogP contribution in [0.25, 0.3) is 17.2 Å². The largest absolute Gasteiger partial charge is 0.497 e. The molecule has 0 bridgehead atoms. The second-order valence-electron chi connectivity index (χ2n) is 7.98. The molecule has 2 aromatic heterocycles. The van der Waals surface area contributed by atoms with Gasteiger partial charge >= 0.3 is 0 Å². The van der Waals surface area contributed by atoms with E-state index in [4.69, 9.17) is 9.47 Å². The smallest absolute Gasteiger partial charge is 0.257 e. The highest BCUT2D eigenvalue weighted by Crippen LogP contribution is 2.32. The van der Waals surface area contributed by atoms with Gasteiger partial charge in [0.1, 0.15) is 11.5 Å². The number of hydrogen-bond donors (Lipinski definition) is 1. The predicted molar refractivity (Wildman–Crippen MR) is 131 cm³/mol. The van der Waals surface area contributed by atoms with Crippen molar-refractivity contribution < 1.29 is 19.4 Å². The fourth-order valence-corrected chi connectivity index (χ4v) is 3.76. The summed E-state index contributed by atoms with van der Waals surface area (Å²) >= 11 is 0. The molecule has 2 heterocycles. The van der Waals surface area contributed by atoms with Crippen molar-refractivity contribution in [1.82, 2.24) is 24.6 Å². The van der Waals surface area contributed by atoms with E-state index in [0.717, 1.165) is 11.1 Å². The normalized spacial score (nSPS) is 11.7. The Kier molecular flexibility index (Phi) is 7.07. The lowest BCUT2D eigenvalue weighted by Crippen LogP contribution is -2.31. The first-order chi connectivity index (χ1) is 16.9. The van der Waals surface area contributed by atoms with E-state index < -0.39 is 6.10 Å². The summed E-state index contributed by atoms with van der Waals surface area (Å²) in [5.74, 6) is 1.37. The van der Waals surface area contributed by atoms with Crippen molar-refractivity contribution in [3.8, 4) is 28.7 Å². The highest BCUT2D eigenvalue weighted by Gasteiger charge is 2.22. The van der Waals surface area contributed by atoms with Gasteiger partial charge in [0.2, 0.25) is 0 Å². The molecule has 0 unspecified atom stereocenters. The van der Waals surface area contributed by atoms with Crippen molar-refractivity contribution in [2.75, 3.05) is 27.8 Å². The minimum atomic E-state index is -0.793. The number of likely N-dealkylation sites (N-methyl/N-ethyl adjacent to an activating group) is 1. The van der Waals surface area contributed by atoms with Crippen molar-refractivity contribution in [3.05, 3.63) is 83.8 Å². The van der Waals surface area contributed by atoms with Crippen LogP contribution in [0.2, 0.25) is 0 Å². The van der Waals surface area contributed by atoms with Crippen molar-refractivity contribution in [2.24, 2.45) is 0 Å². The molecule has 2 aromatic carbocycles. The van der Waals surface area contributed by atoms with Gasteiger partial charge in [0.05, 0.1) is 50.0 Å². The Morgan fingerprint density at radius 3 is 2.60 bits per heavy atom. The lowest BCUT2D eigenvalue weighted by molar-refractivity contribution is 0.0680. The third-order valence-electron chi connectivity index (χ3n) is 5.73. The SMILES string of the molecule is COc1ccc(OC)c(-c2ccnc(-n3ncc(C(=O)N(C)C[C@H](O)c4ccccc4)c3C)n2)c1. The maximum Gasteiger partial charge on any atom is 0.257 e. The number of carbonyl (C=O) groups is 1. The molecule has 4 aromatic rings. The molecule has 1 amide bonds. The number of methoxy groups -OCH3 is 2. The maximum absolute atomic E-state index is 13.1. The van der Waals surface area contributed by atoms with Crippen LogP contribution in [0.3, 0.4) is 0 Å². The molecular weight excluding hydrogens is 446 g/mol. The molecular formula is C26H27N5O4. The molecule has 0 spiro atoms. The van der Waals surface area contributed by atoms with Crippen LogP contribution >= 0.6 is 0 Å². The van der Waals surface area contributed by atoms with E-state index in [0.29, 0.717) is 34.4 Å². The van der Waals surface area contributed by atoms with Crippen LogP contribution in [0.15, 0.2) is 67.0 Å². The number of nitrogens with zero attached hydrogens (tertiary/aromatic N) is 5. The van der Waals surface area contributed by atoms with Crippen LogP contribution in [-0.4, -0.2) is 63.5 Å². The number of amides is 1. The van der Waals surface area contributed by atoms with Gasteiger partial charge in [0, 0.05) is 18.8 Å². The van der Waals surface area contributed by atoms with Crippen LogP contribution in [0, 0.1) is 6.92 Å². The number of benzene rings is 2. The molecule has 0 fully saturated rings. The molecule has 0 aliphatic heterocycles. The summed E-state index contributed by atoms with van der Waals surface area (Å²) in [5, 5.41) is 14.9. The van der Waals surface area contributed by atoms with Gasteiger partial charge in [0.15, 0.2) is 0 Å². The molecule has 180 valence electrons. The van der Waals surface area contributed by atoms with Crippen molar-refractivity contribution in [1.29, 1.82) is 0 Å². The number of aliphatic hydroxyl groups is 1. The Bertz CT molecular complexity index is 1320. The number of hydrogen-bond acceptors (Lipinski definition) is 7. The van der Waals surface area contributed by atoms with Crippen molar-refractivity contribution >= 4 is 5.91 Å². The molecule has 0 aliphatic carbocycles. The highest BCUT2D eigenvalue weighted by atomic mass is 16.5. The topological polar surface area (TPSA) is 103 Å². The minimum Gasteiger partial charge on any atom is -0.497 e. The number of carbonyl (C=O) groups excluding carboxylic acids is 1. The second kappa shape index (κ2) is 10.4. The molecule has 0 saturated carbocycles. The van der Waals surface area contributed by atoms with E-state index in [1.54, 1.807) is 40.5 Å². The molecule has 1 N–H and O–H groups in total. The summed E-state index contributed by atoms with van der Waals surface area (Å²) < 4.78 is 12.3. The van der Waals surface area contributed by atoms with Gasteiger partial charge in [-0.25, -0.2) is 14.6 Å². The first-order valence-electron chi connectivity index (χ1n) is 11.0.